The van der Waals surface area contributed by atoms with E-state index in [-0.39, 0.29) is 17.6 Å². The number of rotatable bonds is 5. The zero-order chi connectivity index (χ0) is 17.6. The van der Waals surface area contributed by atoms with Gasteiger partial charge in [-0.05, 0) is 56.1 Å². The molecular formula is C19H23N3O3. The van der Waals surface area contributed by atoms with E-state index in [2.05, 4.69) is 10.6 Å². The second-order valence-electron chi connectivity index (χ2n) is 6.28. The molecule has 0 saturated carbocycles. The van der Waals surface area contributed by atoms with E-state index < -0.39 is 0 Å². The Bertz CT molecular complexity index is 721. The first-order chi connectivity index (χ1) is 12.2. The zero-order valence-corrected chi connectivity index (χ0v) is 14.3. The van der Waals surface area contributed by atoms with Crippen molar-refractivity contribution >= 4 is 17.5 Å². The van der Waals surface area contributed by atoms with Gasteiger partial charge in [0.1, 0.15) is 0 Å². The number of nitrogens with one attached hydrogen (secondary N) is 2. The van der Waals surface area contributed by atoms with E-state index in [4.69, 9.17) is 4.42 Å². The SMILES string of the molecule is CN(C(=O)c1ccco1)c1ccccc1C(=O)NCC1CCCNC1. The van der Waals surface area contributed by atoms with Gasteiger partial charge in [0, 0.05) is 13.6 Å². The molecule has 6 nitrogen and oxygen atoms in total. The number of para-hydroxylation sites is 1. The maximum atomic E-state index is 12.6. The van der Waals surface area contributed by atoms with Crippen LogP contribution in [0.5, 0.6) is 0 Å². The highest BCUT2D eigenvalue weighted by Crippen LogP contribution is 2.21. The number of nitrogens with zero attached hydrogens (tertiary/aromatic N) is 1. The summed E-state index contributed by atoms with van der Waals surface area (Å²) in [7, 11) is 1.64. The van der Waals surface area contributed by atoms with Crippen LogP contribution >= 0.6 is 0 Å². The summed E-state index contributed by atoms with van der Waals surface area (Å²) in [4.78, 5) is 26.5. The minimum absolute atomic E-state index is 0.166. The van der Waals surface area contributed by atoms with Gasteiger partial charge >= 0.3 is 0 Å². The standard InChI is InChI=1S/C19H23N3O3/c1-22(19(24)17-9-5-11-25-17)16-8-3-2-7-15(16)18(23)21-13-14-6-4-10-20-12-14/h2-3,5,7-9,11,14,20H,4,6,10,12-13H2,1H3,(H,21,23). The molecule has 0 aliphatic carbocycles. The average Bonchev–Trinajstić information content (AvgIpc) is 3.20. The van der Waals surface area contributed by atoms with Gasteiger partial charge in [-0.15, -0.1) is 0 Å². The number of amides is 2. The molecule has 2 heterocycles. The van der Waals surface area contributed by atoms with Crippen LogP contribution in [0.15, 0.2) is 47.1 Å². The van der Waals surface area contributed by atoms with Crippen molar-refractivity contribution in [2.75, 3.05) is 31.6 Å². The lowest BCUT2D eigenvalue weighted by Crippen LogP contribution is -2.38. The van der Waals surface area contributed by atoms with Gasteiger partial charge in [0.15, 0.2) is 5.76 Å². The fourth-order valence-electron chi connectivity index (χ4n) is 3.06. The van der Waals surface area contributed by atoms with Crippen LogP contribution in [0.4, 0.5) is 5.69 Å². The summed E-state index contributed by atoms with van der Waals surface area (Å²) in [5.74, 6) is 0.236. The minimum atomic E-state index is -0.290. The van der Waals surface area contributed by atoms with E-state index in [1.54, 1.807) is 37.4 Å². The second-order valence-corrected chi connectivity index (χ2v) is 6.28. The first kappa shape index (κ1) is 17.2. The van der Waals surface area contributed by atoms with E-state index in [9.17, 15) is 9.59 Å². The summed E-state index contributed by atoms with van der Waals surface area (Å²) in [6.45, 7) is 2.61. The Morgan fingerprint density at radius 3 is 2.84 bits per heavy atom. The number of piperidine rings is 1. The van der Waals surface area contributed by atoms with Crippen LogP contribution in [0, 0.1) is 5.92 Å². The lowest BCUT2D eigenvalue weighted by molar-refractivity contribution is 0.0945. The third kappa shape index (κ3) is 4.09. The molecule has 1 fully saturated rings. The second kappa shape index (κ2) is 7.98. The molecule has 1 saturated heterocycles. The van der Waals surface area contributed by atoms with Gasteiger partial charge in [0.05, 0.1) is 17.5 Å². The number of anilines is 1. The summed E-state index contributed by atoms with van der Waals surface area (Å²) in [5, 5.41) is 6.34. The number of hydrogen-bond donors (Lipinski definition) is 2. The average molecular weight is 341 g/mol. The molecule has 1 aliphatic heterocycles. The van der Waals surface area contributed by atoms with E-state index in [1.807, 2.05) is 6.07 Å². The maximum Gasteiger partial charge on any atom is 0.293 e. The van der Waals surface area contributed by atoms with Crippen molar-refractivity contribution in [3.8, 4) is 0 Å². The van der Waals surface area contributed by atoms with Gasteiger partial charge in [-0.3, -0.25) is 9.59 Å². The molecular weight excluding hydrogens is 318 g/mol. The molecule has 6 heteroatoms. The quantitative estimate of drug-likeness (QED) is 0.875. The van der Waals surface area contributed by atoms with Crippen molar-refractivity contribution in [3.05, 3.63) is 54.0 Å². The van der Waals surface area contributed by atoms with Gasteiger partial charge in [-0.25, -0.2) is 0 Å². The predicted molar refractivity (Wildman–Crippen MR) is 95.8 cm³/mol. The van der Waals surface area contributed by atoms with Gasteiger partial charge in [0.25, 0.3) is 11.8 Å². The van der Waals surface area contributed by atoms with Crippen LogP contribution in [0.25, 0.3) is 0 Å². The molecule has 1 unspecified atom stereocenters. The molecule has 0 bridgehead atoms. The summed E-state index contributed by atoms with van der Waals surface area (Å²) < 4.78 is 5.17. The highest BCUT2D eigenvalue weighted by Gasteiger charge is 2.22. The van der Waals surface area contributed by atoms with Crippen LogP contribution in [0.1, 0.15) is 33.8 Å². The van der Waals surface area contributed by atoms with Crippen molar-refractivity contribution < 1.29 is 14.0 Å². The fourth-order valence-corrected chi connectivity index (χ4v) is 3.06. The number of benzene rings is 1. The summed E-state index contributed by atoms with van der Waals surface area (Å²) in [6.07, 6.45) is 3.71. The monoisotopic (exact) mass is 341 g/mol. The van der Waals surface area contributed by atoms with Gasteiger partial charge < -0.3 is 20.0 Å². The number of furan rings is 1. The third-order valence-corrected chi connectivity index (χ3v) is 4.50. The zero-order valence-electron chi connectivity index (χ0n) is 14.3. The van der Waals surface area contributed by atoms with E-state index >= 15 is 0 Å². The molecule has 1 atom stereocenters. The van der Waals surface area contributed by atoms with Crippen molar-refractivity contribution in [3.63, 3.8) is 0 Å². The van der Waals surface area contributed by atoms with Gasteiger partial charge in [-0.2, -0.15) is 0 Å². The van der Waals surface area contributed by atoms with Crippen LogP contribution in [0.3, 0.4) is 0 Å². The Balaban J connectivity index is 1.71. The fraction of sp³-hybridized carbons (Fsp3) is 0.368. The Labute approximate surface area is 147 Å². The number of hydrogen-bond acceptors (Lipinski definition) is 4. The van der Waals surface area contributed by atoms with Gasteiger partial charge in [-0.1, -0.05) is 12.1 Å². The van der Waals surface area contributed by atoms with Crippen LogP contribution in [-0.4, -0.2) is 38.5 Å². The van der Waals surface area contributed by atoms with E-state index in [1.165, 1.54) is 11.2 Å². The van der Waals surface area contributed by atoms with Crippen molar-refractivity contribution in [2.45, 2.75) is 12.8 Å². The normalized spacial score (nSPS) is 17.1. The molecule has 2 amide bonds. The highest BCUT2D eigenvalue weighted by atomic mass is 16.3. The Morgan fingerprint density at radius 2 is 2.12 bits per heavy atom. The maximum absolute atomic E-state index is 12.6. The molecule has 132 valence electrons. The summed E-state index contributed by atoms with van der Waals surface area (Å²) in [6, 6.07) is 10.4. The third-order valence-electron chi connectivity index (χ3n) is 4.50. The van der Waals surface area contributed by atoms with Gasteiger partial charge in [0.2, 0.25) is 0 Å². The topological polar surface area (TPSA) is 74.6 Å². The molecule has 3 rings (SSSR count). The van der Waals surface area contributed by atoms with Crippen LogP contribution in [0.2, 0.25) is 0 Å². The molecule has 1 aromatic carbocycles. The van der Waals surface area contributed by atoms with Crippen LogP contribution in [-0.2, 0) is 0 Å². The first-order valence-electron chi connectivity index (χ1n) is 8.56. The lowest BCUT2D eigenvalue weighted by Gasteiger charge is -2.24. The largest absolute Gasteiger partial charge is 0.459 e. The minimum Gasteiger partial charge on any atom is -0.459 e. The van der Waals surface area contributed by atoms with E-state index in [0.29, 0.717) is 23.7 Å². The molecule has 0 radical (unpaired) electrons. The molecule has 25 heavy (non-hydrogen) atoms. The molecule has 0 spiro atoms. The number of carbonyl (C=O) groups excluding carboxylic acids is 2. The predicted octanol–water partition coefficient (Wildman–Crippen LogP) is 2.29. The Kier molecular flexibility index (Phi) is 5.50. The molecule has 2 aromatic rings. The molecule has 1 aromatic heterocycles. The van der Waals surface area contributed by atoms with Crippen LogP contribution < -0.4 is 15.5 Å². The number of carbonyl (C=O) groups is 2. The molecule has 2 N–H and O–H groups in total. The highest BCUT2D eigenvalue weighted by molar-refractivity contribution is 6.09. The van der Waals surface area contributed by atoms with Crippen molar-refractivity contribution in [1.29, 1.82) is 0 Å². The van der Waals surface area contributed by atoms with E-state index in [0.717, 1.165) is 25.9 Å². The summed E-state index contributed by atoms with van der Waals surface area (Å²) >= 11 is 0. The van der Waals surface area contributed by atoms with Crippen molar-refractivity contribution in [1.82, 2.24) is 10.6 Å². The Morgan fingerprint density at radius 1 is 1.28 bits per heavy atom. The first-order valence-corrected chi connectivity index (χ1v) is 8.56. The Hall–Kier alpha value is -2.60. The van der Waals surface area contributed by atoms with Crippen molar-refractivity contribution in [2.24, 2.45) is 5.92 Å². The smallest absolute Gasteiger partial charge is 0.293 e. The lowest BCUT2D eigenvalue weighted by atomic mass is 9.99. The molecule has 1 aliphatic rings. The summed E-state index contributed by atoms with van der Waals surface area (Å²) in [5.41, 5.74) is 1.04.